The molecule has 4 nitrogen and oxygen atoms in total. The van der Waals surface area contributed by atoms with Gasteiger partial charge in [0.2, 0.25) is 0 Å². The zero-order chi connectivity index (χ0) is 15.9. The predicted octanol–water partition coefficient (Wildman–Crippen LogP) is 4.25. The number of benzene rings is 2. The number of carbonyl (C=O) groups is 1. The summed E-state index contributed by atoms with van der Waals surface area (Å²) in [5, 5.41) is 2.78. The summed E-state index contributed by atoms with van der Waals surface area (Å²) in [7, 11) is 0. The first kappa shape index (κ1) is 16.4. The van der Waals surface area contributed by atoms with Crippen molar-refractivity contribution in [3.63, 3.8) is 0 Å². The third-order valence-electron chi connectivity index (χ3n) is 2.67. The lowest BCUT2D eigenvalue weighted by Gasteiger charge is -2.12. The fourth-order valence-electron chi connectivity index (χ4n) is 1.80. The monoisotopic (exact) mass is 363 g/mol. The summed E-state index contributed by atoms with van der Waals surface area (Å²) < 4.78 is 12.0. The van der Waals surface area contributed by atoms with E-state index in [0.717, 1.165) is 10.2 Å². The molecule has 0 heterocycles. The van der Waals surface area contributed by atoms with Crippen LogP contribution in [0.2, 0.25) is 0 Å². The zero-order valence-electron chi connectivity index (χ0n) is 12.5. The van der Waals surface area contributed by atoms with Gasteiger partial charge in [-0.15, -0.1) is 0 Å². The van der Waals surface area contributed by atoms with Gasteiger partial charge in [0.05, 0.1) is 6.10 Å². The number of ether oxygens (including phenoxy) is 2. The first-order valence-corrected chi connectivity index (χ1v) is 7.77. The van der Waals surface area contributed by atoms with Gasteiger partial charge in [0.1, 0.15) is 11.5 Å². The quantitative estimate of drug-likeness (QED) is 0.834. The van der Waals surface area contributed by atoms with Crippen LogP contribution in [0.1, 0.15) is 13.8 Å². The predicted molar refractivity (Wildman–Crippen MR) is 90.5 cm³/mol. The molecule has 0 aromatic heterocycles. The van der Waals surface area contributed by atoms with Gasteiger partial charge in [0.25, 0.3) is 5.91 Å². The van der Waals surface area contributed by atoms with Crippen LogP contribution < -0.4 is 14.8 Å². The second kappa shape index (κ2) is 7.84. The van der Waals surface area contributed by atoms with E-state index in [0.29, 0.717) is 11.4 Å². The lowest BCUT2D eigenvalue weighted by molar-refractivity contribution is -0.118. The summed E-state index contributed by atoms with van der Waals surface area (Å²) in [5.41, 5.74) is 0.683. The third kappa shape index (κ3) is 5.41. The summed E-state index contributed by atoms with van der Waals surface area (Å²) in [6.07, 6.45) is 0.0895. The van der Waals surface area contributed by atoms with Crippen LogP contribution in [0.15, 0.2) is 53.0 Å². The van der Waals surface area contributed by atoms with E-state index in [1.807, 2.05) is 44.2 Å². The standard InChI is InChI=1S/C17H18BrNO3/c1-12(2)22-16-5-3-4-14(10-16)19-17(20)11-21-15-8-6-13(18)7-9-15/h3-10,12H,11H2,1-2H3,(H,19,20). The van der Waals surface area contributed by atoms with Crippen LogP contribution in [-0.4, -0.2) is 18.6 Å². The average Bonchev–Trinajstić information content (AvgIpc) is 2.46. The number of hydrogen-bond acceptors (Lipinski definition) is 3. The van der Waals surface area contributed by atoms with Crippen LogP contribution in [0.3, 0.4) is 0 Å². The normalized spacial score (nSPS) is 10.4. The van der Waals surface area contributed by atoms with E-state index in [9.17, 15) is 4.79 Å². The first-order valence-electron chi connectivity index (χ1n) is 6.98. The molecule has 0 aliphatic rings. The van der Waals surface area contributed by atoms with Crippen LogP contribution >= 0.6 is 15.9 Å². The van der Waals surface area contributed by atoms with Crippen LogP contribution in [-0.2, 0) is 4.79 Å². The molecule has 116 valence electrons. The molecular weight excluding hydrogens is 346 g/mol. The highest BCUT2D eigenvalue weighted by atomic mass is 79.9. The average molecular weight is 364 g/mol. The lowest BCUT2D eigenvalue weighted by Crippen LogP contribution is -2.20. The summed E-state index contributed by atoms with van der Waals surface area (Å²) >= 11 is 3.35. The molecule has 0 saturated heterocycles. The number of anilines is 1. The molecule has 0 spiro atoms. The van der Waals surface area contributed by atoms with Gasteiger partial charge < -0.3 is 14.8 Å². The Kier molecular flexibility index (Phi) is 5.83. The molecule has 0 bridgehead atoms. The first-order chi connectivity index (χ1) is 10.5. The molecule has 5 heteroatoms. The molecule has 0 aliphatic carbocycles. The molecule has 22 heavy (non-hydrogen) atoms. The van der Waals surface area contributed by atoms with E-state index in [4.69, 9.17) is 9.47 Å². The fraction of sp³-hybridized carbons (Fsp3) is 0.235. The second-order valence-electron chi connectivity index (χ2n) is 4.99. The molecule has 1 amide bonds. The number of carbonyl (C=O) groups excluding carboxylic acids is 1. The summed E-state index contributed by atoms with van der Waals surface area (Å²) in [6.45, 7) is 3.87. The van der Waals surface area contributed by atoms with Crippen LogP contribution in [0, 0.1) is 0 Å². The van der Waals surface area contributed by atoms with E-state index >= 15 is 0 Å². The Morgan fingerprint density at radius 1 is 1.14 bits per heavy atom. The van der Waals surface area contributed by atoms with Crippen molar-refractivity contribution in [3.8, 4) is 11.5 Å². The van der Waals surface area contributed by atoms with Crippen LogP contribution in [0.25, 0.3) is 0 Å². The smallest absolute Gasteiger partial charge is 0.262 e. The van der Waals surface area contributed by atoms with Crippen molar-refractivity contribution in [2.45, 2.75) is 20.0 Å². The topological polar surface area (TPSA) is 47.6 Å². The van der Waals surface area contributed by atoms with Crippen molar-refractivity contribution in [2.75, 3.05) is 11.9 Å². The van der Waals surface area contributed by atoms with Gasteiger partial charge in [-0.2, -0.15) is 0 Å². The van der Waals surface area contributed by atoms with Crippen molar-refractivity contribution in [2.24, 2.45) is 0 Å². The van der Waals surface area contributed by atoms with Gasteiger partial charge in [-0.25, -0.2) is 0 Å². The minimum absolute atomic E-state index is 0.0447. The Morgan fingerprint density at radius 2 is 1.86 bits per heavy atom. The minimum Gasteiger partial charge on any atom is -0.491 e. The van der Waals surface area contributed by atoms with Crippen molar-refractivity contribution in [1.29, 1.82) is 0 Å². The Labute approximate surface area is 138 Å². The highest BCUT2D eigenvalue weighted by Crippen LogP contribution is 2.19. The van der Waals surface area contributed by atoms with Crippen molar-refractivity contribution >= 4 is 27.5 Å². The number of hydrogen-bond donors (Lipinski definition) is 1. The molecule has 0 saturated carbocycles. The molecule has 0 fully saturated rings. The molecule has 0 radical (unpaired) electrons. The summed E-state index contributed by atoms with van der Waals surface area (Å²) in [6, 6.07) is 14.6. The van der Waals surface area contributed by atoms with Gasteiger partial charge >= 0.3 is 0 Å². The largest absolute Gasteiger partial charge is 0.491 e. The highest BCUT2D eigenvalue weighted by Gasteiger charge is 2.05. The molecule has 0 atom stereocenters. The highest BCUT2D eigenvalue weighted by molar-refractivity contribution is 9.10. The van der Waals surface area contributed by atoms with E-state index < -0.39 is 0 Å². The molecule has 2 rings (SSSR count). The van der Waals surface area contributed by atoms with Gasteiger partial charge in [-0.1, -0.05) is 22.0 Å². The Hall–Kier alpha value is -2.01. The summed E-state index contributed by atoms with van der Waals surface area (Å²) in [4.78, 5) is 11.9. The third-order valence-corrected chi connectivity index (χ3v) is 3.20. The molecule has 2 aromatic rings. The fourth-order valence-corrected chi connectivity index (χ4v) is 2.06. The Morgan fingerprint density at radius 3 is 2.55 bits per heavy atom. The van der Waals surface area contributed by atoms with Crippen LogP contribution in [0.4, 0.5) is 5.69 Å². The van der Waals surface area contributed by atoms with Gasteiger partial charge in [0.15, 0.2) is 6.61 Å². The van der Waals surface area contributed by atoms with Crippen molar-refractivity contribution < 1.29 is 14.3 Å². The molecular formula is C17H18BrNO3. The number of amides is 1. The maximum absolute atomic E-state index is 11.9. The lowest BCUT2D eigenvalue weighted by atomic mass is 10.3. The van der Waals surface area contributed by atoms with Gasteiger partial charge in [-0.05, 0) is 50.2 Å². The number of halogens is 1. The Balaban J connectivity index is 1.87. The molecule has 2 aromatic carbocycles. The summed E-state index contributed by atoms with van der Waals surface area (Å²) in [5.74, 6) is 1.15. The van der Waals surface area contributed by atoms with Crippen LogP contribution in [0.5, 0.6) is 11.5 Å². The van der Waals surface area contributed by atoms with E-state index in [-0.39, 0.29) is 18.6 Å². The molecule has 1 N–H and O–H groups in total. The molecule has 0 aliphatic heterocycles. The molecule has 0 unspecified atom stereocenters. The Bertz CT molecular complexity index is 626. The zero-order valence-corrected chi connectivity index (χ0v) is 14.1. The van der Waals surface area contributed by atoms with Gasteiger partial charge in [0, 0.05) is 16.2 Å². The number of rotatable bonds is 6. The van der Waals surface area contributed by atoms with E-state index in [1.165, 1.54) is 0 Å². The van der Waals surface area contributed by atoms with E-state index in [1.54, 1.807) is 18.2 Å². The maximum atomic E-state index is 11.9. The SMILES string of the molecule is CC(C)Oc1cccc(NC(=O)COc2ccc(Br)cc2)c1. The number of nitrogens with one attached hydrogen (secondary N) is 1. The van der Waals surface area contributed by atoms with E-state index in [2.05, 4.69) is 21.2 Å². The van der Waals surface area contributed by atoms with Gasteiger partial charge in [-0.3, -0.25) is 4.79 Å². The van der Waals surface area contributed by atoms with Crippen molar-refractivity contribution in [1.82, 2.24) is 0 Å². The maximum Gasteiger partial charge on any atom is 0.262 e. The minimum atomic E-state index is -0.218. The second-order valence-corrected chi connectivity index (χ2v) is 5.90. The van der Waals surface area contributed by atoms with Crippen molar-refractivity contribution in [3.05, 3.63) is 53.0 Å².